The van der Waals surface area contributed by atoms with Crippen molar-refractivity contribution in [3.63, 3.8) is 0 Å². The van der Waals surface area contributed by atoms with Gasteiger partial charge in [0.2, 0.25) is 0 Å². The Labute approximate surface area is 211 Å². The van der Waals surface area contributed by atoms with Gasteiger partial charge >= 0.3 is 5.97 Å². The monoisotopic (exact) mass is 728 g/mol. The van der Waals surface area contributed by atoms with E-state index in [1.807, 2.05) is 36.4 Å². The molecule has 0 radical (unpaired) electrons. The molecule has 0 fully saturated rings. The van der Waals surface area contributed by atoms with Crippen molar-refractivity contribution < 1.29 is 19.4 Å². The maximum absolute atomic E-state index is 11.2. The number of halogens is 3. The van der Waals surface area contributed by atoms with E-state index in [-0.39, 0.29) is 0 Å². The third-order valence-corrected chi connectivity index (χ3v) is 5.76. The van der Waals surface area contributed by atoms with Crippen LogP contribution in [0, 0.1) is 22.6 Å². The summed E-state index contributed by atoms with van der Waals surface area (Å²) in [6, 6.07) is 11.8. The van der Waals surface area contributed by atoms with Crippen LogP contribution in [0.4, 0.5) is 0 Å². The van der Waals surface area contributed by atoms with Gasteiger partial charge in [0.15, 0.2) is 6.10 Å². The zero-order valence-corrected chi connectivity index (χ0v) is 22.1. The van der Waals surface area contributed by atoms with Crippen LogP contribution in [0.25, 0.3) is 0 Å². The summed E-state index contributed by atoms with van der Waals surface area (Å²) >= 11 is 6.75. The van der Waals surface area contributed by atoms with Crippen molar-refractivity contribution >= 4 is 73.7 Å². The van der Waals surface area contributed by atoms with Crippen molar-refractivity contribution in [1.82, 2.24) is 0 Å². The Morgan fingerprint density at radius 3 is 2.52 bits per heavy atom. The van der Waals surface area contributed by atoms with Gasteiger partial charge in [-0.25, -0.2) is 4.79 Å². The molecule has 2 rings (SSSR count). The third-order valence-electron chi connectivity index (χ3n) is 3.68. The summed E-state index contributed by atoms with van der Waals surface area (Å²) in [4.78, 5) is 11.2. The molecule has 1 N–H and O–H groups in total. The molecular weight excluding hydrogens is 709 g/mol. The fraction of sp³-hybridized carbons (Fsp3) is 0.227. The Balaban J connectivity index is 1.90. The predicted octanol–water partition coefficient (Wildman–Crippen LogP) is 5.52. The van der Waals surface area contributed by atoms with Crippen LogP contribution in [0.2, 0.25) is 0 Å². The normalized spacial score (nSPS) is 11.7. The van der Waals surface area contributed by atoms with Gasteiger partial charge in [-0.1, -0.05) is 17.9 Å². The van der Waals surface area contributed by atoms with E-state index < -0.39 is 12.1 Å². The number of carboxylic acid groups (broad SMARTS) is 1. The first-order chi connectivity index (χ1) is 13.9. The van der Waals surface area contributed by atoms with Crippen molar-refractivity contribution in [2.24, 2.45) is 0 Å². The van der Waals surface area contributed by atoms with Crippen LogP contribution in [0.1, 0.15) is 18.1 Å². The first-order valence-electron chi connectivity index (χ1n) is 8.77. The summed E-state index contributed by atoms with van der Waals surface area (Å²) in [5.41, 5.74) is 1.89. The molecule has 0 spiro atoms. The largest absolute Gasteiger partial charge is 0.488 e. The molecule has 0 unspecified atom stereocenters. The van der Waals surface area contributed by atoms with Crippen LogP contribution in [0.5, 0.6) is 5.75 Å². The minimum Gasteiger partial charge on any atom is -0.488 e. The highest BCUT2D eigenvalue weighted by Crippen LogP contribution is 2.23. The number of rotatable bonds is 8. The molecule has 29 heavy (non-hydrogen) atoms. The molecule has 7 heteroatoms. The first kappa shape index (κ1) is 24.4. The van der Waals surface area contributed by atoms with E-state index in [9.17, 15) is 9.90 Å². The van der Waals surface area contributed by atoms with E-state index in [0.717, 1.165) is 20.4 Å². The average molecular weight is 728 g/mol. The molecule has 1 atom stereocenters. The fourth-order valence-corrected chi connectivity index (χ4v) is 5.09. The standard InChI is InChI=1S/C22H19I3O4/c1-2-28-21(22(26)27)13-16-7-8-20(19(25)12-16)29-9-5-3-4-6-15-10-17(23)14-18(24)11-15/h3,5,7-8,10-12,14,21H,2,9,13H2,1H3,(H,26,27)/b5-3-/t21-/m0/s1. The van der Waals surface area contributed by atoms with Crippen molar-refractivity contribution in [2.75, 3.05) is 13.2 Å². The number of carbonyl (C=O) groups is 1. The second kappa shape index (κ2) is 12.8. The van der Waals surface area contributed by atoms with Crippen molar-refractivity contribution in [3.8, 4) is 17.6 Å². The van der Waals surface area contributed by atoms with Crippen LogP contribution >= 0.6 is 67.8 Å². The molecule has 0 aliphatic rings. The van der Waals surface area contributed by atoms with Crippen molar-refractivity contribution in [1.29, 1.82) is 0 Å². The van der Waals surface area contributed by atoms with E-state index in [1.165, 1.54) is 7.14 Å². The first-order valence-corrected chi connectivity index (χ1v) is 12.0. The van der Waals surface area contributed by atoms with Gasteiger partial charge in [-0.3, -0.25) is 0 Å². The number of carboxylic acids is 1. The summed E-state index contributed by atoms with van der Waals surface area (Å²) < 4.78 is 14.3. The smallest absolute Gasteiger partial charge is 0.333 e. The average Bonchev–Trinajstić information content (AvgIpc) is 2.64. The van der Waals surface area contributed by atoms with Gasteiger partial charge in [-0.05, 0) is 123 Å². The van der Waals surface area contributed by atoms with Gasteiger partial charge in [-0.15, -0.1) is 0 Å². The molecule has 0 aliphatic carbocycles. The van der Waals surface area contributed by atoms with E-state index in [4.69, 9.17) is 9.47 Å². The number of ether oxygens (including phenoxy) is 2. The molecule has 2 aromatic carbocycles. The van der Waals surface area contributed by atoms with Crippen LogP contribution in [-0.4, -0.2) is 30.4 Å². The summed E-state index contributed by atoms with van der Waals surface area (Å²) in [5.74, 6) is 5.94. The second-order valence-electron chi connectivity index (χ2n) is 5.89. The van der Waals surface area contributed by atoms with E-state index >= 15 is 0 Å². The summed E-state index contributed by atoms with van der Waals surface area (Å²) in [6.07, 6.45) is 3.14. The van der Waals surface area contributed by atoms with Crippen LogP contribution in [0.15, 0.2) is 48.6 Å². The number of hydrogen-bond donors (Lipinski definition) is 1. The van der Waals surface area contributed by atoms with Gasteiger partial charge in [0.25, 0.3) is 0 Å². The highest BCUT2D eigenvalue weighted by atomic mass is 127. The maximum atomic E-state index is 11.2. The van der Waals surface area contributed by atoms with Gasteiger partial charge in [0.1, 0.15) is 12.4 Å². The molecule has 0 saturated carbocycles. The number of benzene rings is 2. The number of aliphatic carboxylic acids is 1. The lowest BCUT2D eigenvalue weighted by atomic mass is 10.1. The number of allylic oxidation sites excluding steroid dienone is 1. The van der Waals surface area contributed by atoms with Gasteiger partial charge in [0, 0.05) is 25.7 Å². The van der Waals surface area contributed by atoms with Crippen LogP contribution in [0.3, 0.4) is 0 Å². The molecule has 152 valence electrons. The molecule has 0 saturated heterocycles. The molecule has 0 aromatic heterocycles. The van der Waals surface area contributed by atoms with E-state index in [0.29, 0.717) is 19.6 Å². The Bertz CT molecular complexity index is 925. The van der Waals surface area contributed by atoms with Crippen molar-refractivity contribution in [2.45, 2.75) is 19.4 Å². The van der Waals surface area contributed by atoms with Gasteiger partial charge in [0.05, 0.1) is 3.57 Å². The van der Waals surface area contributed by atoms with Gasteiger partial charge < -0.3 is 14.6 Å². The maximum Gasteiger partial charge on any atom is 0.333 e. The molecule has 0 aliphatic heterocycles. The minimum atomic E-state index is -0.951. The second-order valence-corrected chi connectivity index (χ2v) is 9.55. The lowest BCUT2D eigenvalue weighted by Crippen LogP contribution is -2.26. The fourth-order valence-electron chi connectivity index (χ4n) is 2.42. The molecule has 0 amide bonds. The lowest BCUT2D eigenvalue weighted by Gasteiger charge is -2.13. The Kier molecular flexibility index (Phi) is 10.8. The molecule has 0 bridgehead atoms. The topological polar surface area (TPSA) is 55.8 Å². The predicted molar refractivity (Wildman–Crippen MR) is 139 cm³/mol. The molecule has 0 heterocycles. The Morgan fingerprint density at radius 2 is 1.90 bits per heavy atom. The summed E-state index contributed by atoms with van der Waals surface area (Å²) in [5, 5.41) is 9.21. The van der Waals surface area contributed by atoms with Crippen molar-refractivity contribution in [3.05, 3.63) is 70.4 Å². The molecular formula is C22H19I3O4. The van der Waals surface area contributed by atoms with Crippen LogP contribution < -0.4 is 4.74 Å². The summed E-state index contributed by atoms with van der Waals surface area (Å²) in [6.45, 7) is 2.56. The minimum absolute atomic E-state index is 0.326. The molecule has 2 aromatic rings. The molecule has 4 nitrogen and oxygen atoms in total. The lowest BCUT2D eigenvalue weighted by molar-refractivity contribution is -0.149. The Hall–Kier alpha value is -0.840. The van der Waals surface area contributed by atoms with Gasteiger partial charge in [-0.2, -0.15) is 0 Å². The highest BCUT2D eigenvalue weighted by molar-refractivity contribution is 14.1. The SMILES string of the molecule is CCO[C@@H](Cc1ccc(OC/C=C\C#Cc2cc(I)cc(I)c2)c(I)c1)C(=O)O. The quantitative estimate of drug-likeness (QED) is 0.288. The highest BCUT2D eigenvalue weighted by Gasteiger charge is 2.18. The third kappa shape index (κ3) is 8.82. The number of hydrogen-bond acceptors (Lipinski definition) is 3. The van der Waals surface area contributed by atoms with E-state index in [1.54, 1.807) is 13.0 Å². The zero-order valence-electron chi connectivity index (χ0n) is 15.6. The van der Waals surface area contributed by atoms with E-state index in [2.05, 4.69) is 85.7 Å². The van der Waals surface area contributed by atoms with Crippen LogP contribution in [-0.2, 0) is 16.0 Å². The summed E-state index contributed by atoms with van der Waals surface area (Å²) in [7, 11) is 0. The zero-order chi connectivity index (χ0) is 21.2. The Morgan fingerprint density at radius 1 is 1.17 bits per heavy atom.